The van der Waals surface area contributed by atoms with Gasteiger partial charge in [-0.25, -0.2) is 0 Å². The molecular weight excluding hydrogens is 304 g/mol. The van der Waals surface area contributed by atoms with Crippen LogP contribution in [0.4, 0.5) is 5.69 Å². The summed E-state index contributed by atoms with van der Waals surface area (Å²) < 4.78 is 5.30. The van der Waals surface area contributed by atoms with Gasteiger partial charge in [0.15, 0.2) is 0 Å². The van der Waals surface area contributed by atoms with Crippen LogP contribution < -0.4 is 5.32 Å². The Labute approximate surface area is 143 Å². The lowest BCUT2D eigenvalue weighted by Crippen LogP contribution is -2.62. The van der Waals surface area contributed by atoms with Crippen LogP contribution in [0.3, 0.4) is 0 Å². The van der Waals surface area contributed by atoms with Gasteiger partial charge >= 0.3 is 0 Å². The number of nitrogens with zero attached hydrogens (tertiary/aromatic N) is 1. The number of nitro benzene ring substituents is 1. The molecule has 0 saturated heterocycles. The summed E-state index contributed by atoms with van der Waals surface area (Å²) in [6, 6.07) is 7.39. The molecule has 4 atom stereocenters. The van der Waals surface area contributed by atoms with Gasteiger partial charge in [-0.2, -0.15) is 0 Å². The van der Waals surface area contributed by atoms with Crippen LogP contribution in [0.5, 0.6) is 0 Å². The van der Waals surface area contributed by atoms with E-state index >= 15 is 0 Å². The summed E-state index contributed by atoms with van der Waals surface area (Å²) in [5.41, 5.74) is 1.68. The molecule has 0 aliphatic heterocycles. The first-order valence-corrected chi connectivity index (χ1v) is 8.89. The smallest absolute Gasteiger partial charge is 0.269 e. The Kier molecular flexibility index (Phi) is 4.92. The van der Waals surface area contributed by atoms with Crippen molar-refractivity contribution in [3.05, 3.63) is 39.9 Å². The van der Waals surface area contributed by atoms with Crippen molar-refractivity contribution >= 4 is 5.69 Å². The van der Waals surface area contributed by atoms with E-state index in [1.807, 2.05) is 12.1 Å². The number of hydrogen-bond donors (Lipinski definition) is 1. The number of ether oxygens (including phenoxy) is 1. The molecule has 0 unspecified atom stereocenters. The molecule has 0 aromatic heterocycles. The van der Waals surface area contributed by atoms with Gasteiger partial charge in [-0.05, 0) is 48.0 Å². The van der Waals surface area contributed by atoms with E-state index in [0.29, 0.717) is 17.4 Å². The van der Waals surface area contributed by atoms with E-state index in [2.05, 4.69) is 19.2 Å². The Morgan fingerprint density at radius 1 is 1.29 bits per heavy atom. The third kappa shape index (κ3) is 3.20. The molecule has 2 bridgehead atoms. The van der Waals surface area contributed by atoms with Gasteiger partial charge < -0.3 is 10.1 Å². The zero-order chi connectivity index (χ0) is 17.3. The van der Waals surface area contributed by atoms with Crippen LogP contribution in [0.25, 0.3) is 0 Å². The molecule has 24 heavy (non-hydrogen) atoms. The van der Waals surface area contributed by atoms with Crippen LogP contribution in [-0.4, -0.2) is 24.7 Å². The van der Waals surface area contributed by atoms with E-state index in [0.717, 1.165) is 37.0 Å². The molecule has 0 heterocycles. The minimum Gasteiger partial charge on any atom is -0.385 e. The maximum absolute atomic E-state index is 10.8. The lowest BCUT2D eigenvalue weighted by atomic mass is 9.44. The number of fused-ring (bicyclic) bond motifs is 2. The van der Waals surface area contributed by atoms with Crippen LogP contribution in [0.15, 0.2) is 24.3 Å². The van der Waals surface area contributed by atoms with Crippen molar-refractivity contribution in [2.45, 2.75) is 45.7 Å². The molecule has 1 N–H and O–H groups in total. The second-order valence-electron chi connectivity index (χ2n) is 7.97. The van der Waals surface area contributed by atoms with Crippen LogP contribution in [0, 0.1) is 33.3 Å². The minimum absolute atomic E-state index is 0.150. The number of hydrogen-bond acceptors (Lipinski definition) is 4. The Morgan fingerprint density at radius 2 is 2.00 bits per heavy atom. The van der Waals surface area contributed by atoms with E-state index in [1.54, 1.807) is 19.2 Å². The molecule has 132 valence electrons. The molecule has 3 aliphatic rings. The molecule has 3 aliphatic carbocycles. The van der Waals surface area contributed by atoms with Gasteiger partial charge in [0.25, 0.3) is 5.69 Å². The van der Waals surface area contributed by atoms with Gasteiger partial charge in [0, 0.05) is 38.4 Å². The highest BCUT2D eigenvalue weighted by molar-refractivity contribution is 5.32. The Balaban J connectivity index is 1.65. The van der Waals surface area contributed by atoms with Gasteiger partial charge in [-0.15, -0.1) is 0 Å². The number of nitro groups is 1. The van der Waals surface area contributed by atoms with Gasteiger partial charge in [-0.3, -0.25) is 10.1 Å². The molecule has 3 saturated carbocycles. The first-order valence-electron chi connectivity index (χ1n) is 8.89. The average molecular weight is 332 g/mol. The van der Waals surface area contributed by atoms with Crippen LogP contribution in [-0.2, 0) is 11.3 Å². The standard InChI is InChI=1S/C19H28N2O3/c1-19(2)15-10-14(8-9-24-3)18(17(19)11-15)20-12-13-4-6-16(7-5-13)21(22)23/h4-7,14-15,17-18,20H,8-12H2,1-3H3/t14-,15-,17-,18+/m0/s1. The summed E-state index contributed by atoms with van der Waals surface area (Å²) in [5.74, 6) is 2.23. The number of non-ortho nitro benzene ring substituents is 1. The summed E-state index contributed by atoms with van der Waals surface area (Å²) in [6.45, 7) is 6.39. The predicted octanol–water partition coefficient (Wildman–Crippen LogP) is 3.77. The fourth-order valence-electron chi connectivity index (χ4n) is 4.75. The summed E-state index contributed by atoms with van der Waals surface area (Å²) in [4.78, 5) is 10.4. The topological polar surface area (TPSA) is 64.4 Å². The third-order valence-electron chi connectivity index (χ3n) is 6.46. The second kappa shape index (κ2) is 6.81. The quantitative estimate of drug-likeness (QED) is 0.610. The lowest BCUT2D eigenvalue weighted by molar-refractivity contribution is -0.384. The van der Waals surface area contributed by atoms with E-state index in [4.69, 9.17) is 4.74 Å². The van der Waals surface area contributed by atoms with E-state index in [1.165, 1.54) is 12.8 Å². The molecule has 0 amide bonds. The van der Waals surface area contributed by atoms with Gasteiger partial charge in [-0.1, -0.05) is 26.0 Å². The molecule has 0 radical (unpaired) electrons. The molecule has 1 aromatic carbocycles. The molecule has 5 nitrogen and oxygen atoms in total. The molecular formula is C19H28N2O3. The van der Waals surface area contributed by atoms with Crippen molar-refractivity contribution in [3.8, 4) is 0 Å². The summed E-state index contributed by atoms with van der Waals surface area (Å²) in [6.07, 6.45) is 3.72. The van der Waals surface area contributed by atoms with Gasteiger partial charge in [0.1, 0.15) is 0 Å². The van der Waals surface area contributed by atoms with Crippen LogP contribution in [0.1, 0.15) is 38.7 Å². The highest BCUT2D eigenvalue weighted by atomic mass is 16.6. The Morgan fingerprint density at radius 3 is 2.58 bits per heavy atom. The largest absolute Gasteiger partial charge is 0.385 e. The SMILES string of the molecule is COCC[C@H]1C[C@H]2C[C@@H]([C@@H]1NCc1ccc([N+](=O)[O-])cc1)C2(C)C. The fourth-order valence-corrected chi connectivity index (χ4v) is 4.75. The zero-order valence-electron chi connectivity index (χ0n) is 14.8. The molecule has 1 aromatic rings. The van der Waals surface area contributed by atoms with E-state index in [-0.39, 0.29) is 10.6 Å². The highest BCUT2D eigenvalue weighted by Crippen LogP contribution is 2.61. The first-order chi connectivity index (χ1) is 11.4. The van der Waals surface area contributed by atoms with Crippen molar-refractivity contribution in [1.82, 2.24) is 5.32 Å². The summed E-state index contributed by atoms with van der Waals surface area (Å²) in [7, 11) is 1.77. The Hall–Kier alpha value is -1.46. The van der Waals surface area contributed by atoms with Crippen molar-refractivity contribution in [3.63, 3.8) is 0 Å². The van der Waals surface area contributed by atoms with Crippen molar-refractivity contribution in [2.75, 3.05) is 13.7 Å². The lowest BCUT2D eigenvalue weighted by Gasteiger charge is -2.63. The maximum atomic E-state index is 10.8. The van der Waals surface area contributed by atoms with Gasteiger partial charge in [0.2, 0.25) is 0 Å². The number of nitrogens with one attached hydrogen (secondary N) is 1. The van der Waals surface area contributed by atoms with Crippen molar-refractivity contribution < 1.29 is 9.66 Å². The monoisotopic (exact) mass is 332 g/mol. The van der Waals surface area contributed by atoms with Crippen LogP contribution in [0.2, 0.25) is 0 Å². The van der Waals surface area contributed by atoms with Crippen molar-refractivity contribution in [1.29, 1.82) is 0 Å². The second-order valence-corrected chi connectivity index (χ2v) is 7.97. The Bertz CT molecular complexity index is 585. The van der Waals surface area contributed by atoms with E-state index < -0.39 is 0 Å². The fraction of sp³-hybridized carbons (Fsp3) is 0.684. The predicted molar refractivity (Wildman–Crippen MR) is 93.7 cm³/mol. The van der Waals surface area contributed by atoms with Crippen LogP contribution >= 0.6 is 0 Å². The highest BCUT2D eigenvalue weighted by Gasteiger charge is 2.57. The first kappa shape index (κ1) is 17.4. The zero-order valence-corrected chi connectivity index (χ0v) is 14.8. The summed E-state index contributed by atoms with van der Waals surface area (Å²) in [5, 5.41) is 14.5. The van der Waals surface area contributed by atoms with E-state index in [9.17, 15) is 10.1 Å². The summed E-state index contributed by atoms with van der Waals surface area (Å²) >= 11 is 0. The molecule has 3 fully saturated rings. The molecule has 0 spiro atoms. The molecule has 4 rings (SSSR count). The van der Waals surface area contributed by atoms with Gasteiger partial charge in [0.05, 0.1) is 4.92 Å². The van der Waals surface area contributed by atoms with Crippen molar-refractivity contribution in [2.24, 2.45) is 23.2 Å². The minimum atomic E-state index is -0.351. The average Bonchev–Trinajstić information content (AvgIpc) is 2.58. The number of rotatable bonds is 7. The number of benzene rings is 1. The number of methoxy groups -OCH3 is 1. The third-order valence-corrected chi connectivity index (χ3v) is 6.46. The normalized spacial score (nSPS) is 30.6. The molecule has 5 heteroatoms. The maximum Gasteiger partial charge on any atom is 0.269 e.